The molecule has 0 aliphatic heterocycles. The summed E-state index contributed by atoms with van der Waals surface area (Å²) < 4.78 is 7.63. The first-order chi connectivity index (χ1) is 12.5. The number of benzene rings is 1. The third-order valence-electron chi connectivity index (χ3n) is 3.48. The summed E-state index contributed by atoms with van der Waals surface area (Å²) in [6.07, 6.45) is 2.57. The number of nitrogens with one attached hydrogen (secondary N) is 2. The van der Waals surface area contributed by atoms with Gasteiger partial charge < -0.3 is 19.9 Å². The Labute approximate surface area is 167 Å². The van der Waals surface area contributed by atoms with Crippen LogP contribution < -0.4 is 15.4 Å². The fourth-order valence-corrected chi connectivity index (χ4v) is 3.17. The summed E-state index contributed by atoms with van der Waals surface area (Å²) >= 11 is 18.0. The number of aryl methyl sites for hydroxylation is 1. The monoisotopic (exact) mass is 418 g/mol. The van der Waals surface area contributed by atoms with Crippen LogP contribution in [0, 0.1) is 0 Å². The molecule has 2 N–H and O–H groups in total. The molecule has 0 fully saturated rings. The van der Waals surface area contributed by atoms with E-state index in [0.717, 1.165) is 18.8 Å². The maximum Gasteiger partial charge on any atom is 0.191 e. The van der Waals surface area contributed by atoms with E-state index in [1.807, 2.05) is 11.5 Å². The lowest BCUT2D eigenvalue weighted by atomic mass is 10.3. The highest BCUT2D eigenvalue weighted by atomic mass is 35.5. The van der Waals surface area contributed by atoms with Crippen LogP contribution in [0.2, 0.25) is 15.1 Å². The standard InChI is InChI=1S/C16H21Cl3N6O/c1-3-14-24-23-10-25(14)6-4-21-16(20-2)22-5-7-26-15-12(18)8-11(17)9-13(15)19/h8-10H,3-7H2,1-2H3,(H2,20,21,22). The molecule has 0 spiro atoms. The Morgan fingerprint density at radius 3 is 2.54 bits per heavy atom. The number of guanidine groups is 1. The molecule has 0 radical (unpaired) electrons. The van der Waals surface area contributed by atoms with Gasteiger partial charge in [-0.15, -0.1) is 10.2 Å². The molecular weight excluding hydrogens is 399 g/mol. The molecule has 2 aromatic rings. The van der Waals surface area contributed by atoms with E-state index >= 15 is 0 Å². The molecule has 0 saturated carbocycles. The average molecular weight is 420 g/mol. The maximum atomic E-state index is 6.08. The Balaban J connectivity index is 1.72. The van der Waals surface area contributed by atoms with Gasteiger partial charge in [0.25, 0.3) is 0 Å². The number of rotatable bonds is 8. The van der Waals surface area contributed by atoms with Gasteiger partial charge in [-0.2, -0.15) is 0 Å². The van der Waals surface area contributed by atoms with Crippen LogP contribution in [0.1, 0.15) is 12.7 Å². The highest BCUT2D eigenvalue weighted by Gasteiger charge is 2.09. The molecule has 0 bridgehead atoms. The predicted octanol–water partition coefficient (Wildman–Crippen LogP) is 3.04. The quantitative estimate of drug-likeness (QED) is 0.391. The Morgan fingerprint density at radius 2 is 1.88 bits per heavy atom. The summed E-state index contributed by atoms with van der Waals surface area (Å²) in [4.78, 5) is 4.17. The molecule has 7 nitrogen and oxygen atoms in total. The third-order valence-corrected chi connectivity index (χ3v) is 4.26. The van der Waals surface area contributed by atoms with Gasteiger partial charge in [-0.3, -0.25) is 4.99 Å². The number of aliphatic imine (C=N–C) groups is 1. The highest BCUT2D eigenvalue weighted by Crippen LogP contribution is 2.35. The molecule has 0 saturated heterocycles. The number of aromatic nitrogens is 3. The van der Waals surface area contributed by atoms with E-state index in [9.17, 15) is 0 Å². The van der Waals surface area contributed by atoms with Crippen LogP contribution in [-0.2, 0) is 13.0 Å². The number of ether oxygens (including phenoxy) is 1. The number of hydrogen-bond acceptors (Lipinski definition) is 4. The van der Waals surface area contributed by atoms with Crippen molar-refractivity contribution < 1.29 is 4.74 Å². The maximum absolute atomic E-state index is 6.08. The lowest BCUT2D eigenvalue weighted by molar-refractivity contribution is 0.322. The van der Waals surface area contributed by atoms with E-state index < -0.39 is 0 Å². The molecule has 2 rings (SSSR count). The zero-order chi connectivity index (χ0) is 18.9. The molecule has 0 aliphatic carbocycles. The van der Waals surface area contributed by atoms with Crippen molar-refractivity contribution in [2.45, 2.75) is 19.9 Å². The van der Waals surface area contributed by atoms with Gasteiger partial charge in [0.2, 0.25) is 0 Å². The van der Waals surface area contributed by atoms with Crippen molar-refractivity contribution in [3.05, 3.63) is 39.4 Å². The molecule has 26 heavy (non-hydrogen) atoms. The smallest absolute Gasteiger partial charge is 0.191 e. The Bertz CT molecular complexity index is 726. The van der Waals surface area contributed by atoms with Crippen LogP contribution in [0.15, 0.2) is 23.5 Å². The molecule has 142 valence electrons. The summed E-state index contributed by atoms with van der Waals surface area (Å²) in [5.74, 6) is 2.05. The van der Waals surface area contributed by atoms with E-state index in [1.54, 1.807) is 25.5 Å². The molecule has 1 heterocycles. The molecular formula is C16H21Cl3N6O. The zero-order valence-electron chi connectivity index (χ0n) is 14.6. The van der Waals surface area contributed by atoms with Gasteiger partial charge in [-0.25, -0.2) is 0 Å². The van der Waals surface area contributed by atoms with E-state index in [2.05, 4.69) is 25.8 Å². The minimum absolute atomic E-state index is 0.368. The van der Waals surface area contributed by atoms with Crippen molar-refractivity contribution in [3.63, 3.8) is 0 Å². The van der Waals surface area contributed by atoms with Crippen LogP contribution in [0.25, 0.3) is 0 Å². The SMILES string of the molecule is CCc1nncn1CCNC(=NC)NCCOc1c(Cl)cc(Cl)cc1Cl. The molecule has 0 unspecified atom stereocenters. The fourth-order valence-electron chi connectivity index (χ4n) is 2.24. The van der Waals surface area contributed by atoms with Crippen LogP contribution in [0.4, 0.5) is 0 Å². The zero-order valence-corrected chi connectivity index (χ0v) is 16.9. The second-order valence-electron chi connectivity index (χ2n) is 5.27. The molecule has 1 aromatic heterocycles. The Kier molecular flexibility index (Phi) is 8.28. The number of nitrogens with zero attached hydrogens (tertiary/aromatic N) is 4. The van der Waals surface area contributed by atoms with E-state index in [0.29, 0.717) is 46.5 Å². The predicted molar refractivity (Wildman–Crippen MR) is 106 cm³/mol. The Morgan fingerprint density at radius 1 is 1.19 bits per heavy atom. The van der Waals surface area contributed by atoms with Gasteiger partial charge >= 0.3 is 0 Å². The summed E-state index contributed by atoms with van der Waals surface area (Å²) in [6.45, 7) is 4.40. The topological polar surface area (TPSA) is 76.4 Å². The highest BCUT2D eigenvalue weighted by molar-refractivity contribution is 6.40. The first-order valence-electron chi connectivity index (χ1n) is 8.13. The minimum atomic E-state index is 0.368. The lowest BCUT2D eigenvalue weighted by Crippen LogP contribution is -2.40. The van der Waals surface area contributed by atoms with Crippen LogP contribution >= 0.6 is 34.8 Å². The van der Waals surface area contributed by atoms with Crippen molar-refractivity contribution in [1.29, 1.82) is 0 Å². The molecule has 0 aliphatic rings. The molecule has 0 amide bonds. The summed E-state index contributed by atoms with van der Waals surface area (Å²) in [5.41, 5.74) is 0. The van der Waals surface area contributed by atoms with Gasteiger partial charge in [0.1, 0.15) is 18.8 Å². The first-order valence-corrected chi connectivity index (χ1v) is 9.27. The Hall–Kier alpha value is -1.70. The average Bonchev–Trinajstić information content (AvgIpc) is 3.06. The number of halogens is 3. The first kappa shape index (κ1) is 20.6. The second-order valence-corrected chi connectivity index (χ2v) is 6.52. The summed E-state index contributed by atoms with van der Waals surface area (Å²) in [6, 6.07) is 3.18. The molecule has 10 heteroatoms. The van der Waals surface area contributed by atoms with E-state index in [1.165, 1.54) is 0 Å². The number of hydrogen-bond donors (Lipinski definition) is 2. The van der Waals surface area contributed by atoms with Gasteiger partial charge in [-0.05, 0) is 12.1 Å². The van der Waals surface area contributed by atoms with Crippen molar-refractivity contribution in [1.82, 2.24) is 25.4 Å². The van der Waals surface area contributed by atoms with Gasteiger partial charge in [0.05, 0.1) is 16.6 Å². The fraction of sp³-hybridized carbons (Fsp3) is 0.438. The van der Waals surface area contributed by atoms with Crippen molar-refractivity contribution in [3.8, 4) is 5.75 Å². The van der Waals surface area contributed by atoms with Crippen LogP contribution in [0.3, 0.4) is 0 Å². The molecule has 1 aromatic carbocycles. The van der Waals surface area contributed by atoms with Crippen molar-refractivity contribution >= 4 is 40.8 Å². The molecule has 0 atom stereocenters. The van der Waals surface area contributed by atoms with Crippen LogP contribution in [-0.4, -0.2) is 47.5 Å². The van der Waals surface area contributed by atoms with Gasteiger partial charge in [0.15, 0.2) is 11.7 Å². The van der Waals surface area contributed by atoms with Crippen molar-refractivity contribution in [2.75, 3.05) is 26.7 Å². The van der Waals surface area contributed by atoms with Crippen molar-refractivity contribution in [2.24, 2.45) is 4.99 Å². The van der Waals surface area contributed by atoms with Gasteiger partial charge in [0, 0.05) is 31.6 Å². The van der Waals surface area contributed by atoms with E-state index in [4.69, 9.17) is 39.5 Å². The third kappa shape index (κ3) is 5.93. The minimum Gasteiger partial charge on any atom is -0.489 e. The normalized spacial score (nSPS) is 11.5. The van der Waals surface area contributed by atoms with E-state index in [-0.39, 0.29) is 0 Å². The van der Waals surface area contributed by atoms with Gasteiger partial charge in [-0.1, -0.05) is 41.7 Å². The summed E-state index contributed by atoms with van der Waals surface area (Å²) in [7, 11) is 1.71. The van der Waals surface area contributed by atoms with Crippen LogP contribution in [0.5, 0.6) is 5.75 Å². The second kappa shape index (κ2) is 10.4. The lowest BCUT2D eigenvalue weighted by Gasteiger charge is -2.14. The summed E-state index contributed by atoms with van der Waals surface area (Å²) in [5, 5.41) is 15.6. The largest absolute Gasteiger partial charge is 0.489 e.